The van der Waals surface area contributed by atoms with Crippen molar-refractivity contribution in [1.29, 1.82) is 0 Å². The third-order valence-electron chi connectivity index (χ3n) is 7.90. The largest absolute Gasteiger partial charge is 0.316 e. The number of H-pyrrole nitrogens is 1. The molecule has 1 aliphatic heterocycles. The van der Waals surface area contributed by atoms with E-state index in [0.29, 0.717) is 23.8 Å². The van der Waals surface area contributed by atoms with Gasteiger partial charge >= 0.3 is 0 Å². The Balaban J connectivity index is 1.57. The molecule has 2 heterocycles. The minimum atomic E-state index is -4.04. The molecule has 1 unspecified atom stereocenters. The van der Waals surface area contributed by atoms with E-state index in [1.807, 2.05) is 24.3 Å². The Morgan fingerprint density at radius 3 is 2.34 bits per heavy atom. The standard InChI is InChI=1S/C26H34N6O2S/c1-2-17-3-5-18(6-4-17)15-21-11-12-23(20-9-7-19(8-10-20)22-13-14-28-16-22)24(25(21)35(27,33)34)26-29-31-32-30-26/h7-12,17-18,22,28H,2-6,13-16H2,1H3,(H2,27,33,34)(H,29,30,31,32). The Hall–Kier alpha value is -2.62. The number of tetrazole rings is 1. The number of nitrogens with zero attached hydrogens (tertiary/aromatic N) is 3. The second kappa shape index (κ2) is 10.2. The number of sulfonamides is 1. The van der Waals surface area contributed by atoms with Crippen LogP contribution in [-0.2, 0) is 16.4 Å². The molecule has 1 atom stereocenters. The van der Waals surface area contributed by atoms with Crippen molar-refractivity contribution in [3.63, 3.8) is 0 Å². The van der Waals surface area contributed by atoms with Crippen molar-refractivity contribution in [2.75, 3.05) is 13.1 Å². The van der Waals surface area contributed by atoms with Crippen LogP contribution in [0.25, 0.3) is 22.5 Å². The van der Waals surface area contributed by atoms with Gasteiger partial charge in [0.15, 0.2) is 0 Å². The van der Waals surface area contributed by atoms with Crippen LogP contribution in [0.15, 0.2) is 41.3 Å². The van der Waals surface area contributed by atoms with E-state index < -0.39 is 10.0 Å². The van der Waals surface area contributed by atoms with Gasteiger partial charge in [0.05, 0.1) is 10.5 Å². The van der Waals surface area contributed by atoms with Gasteiger partial charge in [-0.2, -0.15) is 5.21 Å². The number of nitrogens with one attached hydrogen (secondary N) is 2. The second-order valence-corrected chi connectivity index (χ2v) is 11.6. The van der Waals surface area contributed by atoms with Crippen molar-refractivity contribution in [3.05, 3.63) is 47.5 Å². The highest BCUT2D eigenvalue weighted by Crippen LogP contribution is 2.40. The van der Waals surface area contributed by atoms with Gasteiger partial charge in [-0.15, -0.1) is 10.2 Å². The maximum atomic E-state index is 13.0. The van der Waals surface area contributed by atoms with Crippen LogP contribution in [0, 0.1) is 11.8 Å². The maximum Gasteiger partial charge on any atom is 0.239 e. The fourth-order valence-corrected chi connectivity index (χ4v) is 6.87. The van der Waals surface area contributed by atoms with E-state index in [-0.39, 0.29) is 10.7 Å². The Kier molecular flexibility index (Phi) is 7.00. The van der Waals surface area contributed by atoms with E-state index in [1.54, 1.807) is 0 Å². The van der Waals surface area contributed by atoms with Crippen molar-refractivity contribution < 1.29 is 8.42 Å². The first-order valence-electron chi connectivity index (χ1n) is 12.7. The monoisotopic (exact) mass is 494 g/mol. The zero-order valence-corrected chi connectivity index (χ0v) is 21.0. The predicted molar refractivity (Wildman–Crippen MR) is 136 cm³/mol. The molecule has 0 bridgehead atoms. The van der Waals surface area contributed by atoms with Crippen LogP contribution in [-0.4, -0.2) is 42.1 Å². The number of nitrogens with two attached hydrogens (primary N) is 1. The molecular weight excluding hydrogens is 460 g/mol. The number of benzene rings is 2. The fourth-order valence-electron chi connectivity index (χ4n) is 5.87. The predicted octanol–water partition coefficient (Wildman–Crippen LogP) is 4.02. The van der Waals surface area contributed by atoms with Gasteiger partial charge in [0.1, 0.15) is 0 Å². The summed E-state index contributed by atoms with van der Waals surface area (Å²) >= 11 is 0. The lowest BCUT2D eigenvalue weighted by molar-refractivity contribution is 0.267. The van der Waals surface area contributed by atoms with Gasteiger partial charge in [-0.05, 0) is 77.4 Å². The van der Waals surface area contributed by atoms with Crippen LogP contribution >= 0.6 is 0 Å². The molecule has 0 amide bonds. The van der Waals surface area contributed by atoms with Gasteiger partial charge in [-0.25, -0.2) is 13.6 Å². The first-order chi connectivity index (χ1) is 16.9. The highest BCUT2D eigenvalue weighted by molar-refractivity contribution is 7.89. The van der Waals surface area contributed by atoms with Gasteiger partial charge in [-0.3, -0.25) is 0 Å². The molecule has 9 heteroatoms. The normalized spacial score (nSPS) is 23.0. The number of hydrogen-bond acceptors (Lipinski definition) is 6. The van der Waals surface area contributed by atoms with Crippen LogP contribution in [0.4, 0.5) is 0 Å². The summed E-state index contributed by atoms with van der Waals surface area (Å²) in [5.41, 5.74) is 4.09. The highest BCUT2D eigenvalue weighted by atomic mass is 32.2. The topological polar surface area (TPSA) is 127 Å². The summed E-state index contributed by atoms with van der Waals surface area (Å²) in [6.45, 7) is 4.27. The Bertz CT molecular complexity index is 1240. The summed E-state index contributed by atoms with van der Waals surface area (Å²) < 4.78 is 26.0. The number of aromatic amines is 1. The molecule has 1 saturated carbocycles. The second-order valence-electron chi connectivity index (χ2n) is 10.1. The van der Waals surface area contributed by atoms with Gasteiger partial charge < -0.3 is 5.32 Å². The van der Waals surface area contributed by atoms with Crippen LogP contribution in [0.3, 0.4) is 0 Å². The number of aromatic nitrogens is 4. The van der Waals surface area contributed by atoms with Crippen LogP contribution < -0.4 is 10.5 Å². The Labute approximate surface area is 207 Å². The maximum absolute atomic E-state index is 13.0. The minimum Gasteiger partial charge on any atom is -0.316 e. The average molecular weight is 495 g/mol. The summed E-state index contributed by atoms with van der Waals surface area (Å²) in [5.74, 6) is 1.97. The summed E-state index contributed by atoms with van der Waals surface area (Å²) in [6, 6.07) is 12.3. The minimum absolute atomic E-state index is 0.123. The zero-order chi connectivity index (χ0) is 24.4. The SMILES string of the molecule is CCC1CCC(Cc2ccc(-c3ccc(C4CCNC4)cc3)c(-c3nn[nH]n3)c2S(N)(=O)=O)CC1. The van der Waals surface area contributed by atoms with Crippen molar-refractivity contribution >= 4 is 10.0 Å². The molecule has 1 saturated heterocycles. The Morgan fingerprint density at radius 2 is 1.74 bits per heavy atom. The molecule has 5 rings (SSSR count). The summed E-state index contributed by atoms with van der Waals surface area (Å²) in [6.07, 6.45) is 7.63. The molecule has 2 aliphatic rings. The molecule has 35 heavy (non-hydrogen) atoms. The molecule has 0 radical (unpaired) electrons. The molecule has 2 fully saturated rings. The van der Waals surface area contributed by atoms with E-state index in [0.717, 1.165) is 55.0 Å². The first-order valence-corrected chi connectivity index (χ1v) is 14.2. The fraction of sp³-hybridized carbons (Fsp3) is 0.500. The van der Waals surface area contributed by atoms with E-state index in [2.05, 4.69) is 45.0 Å². The lowest BCUT2D eigenvalue weighted by atomic mass is 9.78. The molecule has 0 spiro atoms. The molecule has 1 aromatic heterocycles. The Morgan fingerprint density at radius 1 is 1.00 bits per heavy atom. The zero-order valence-electron chi connectivity index (χ0n) is 20.2. The van der Waals surface area contributed by atoms with Crippen LogP contribution in [0.5, 0.6) is 0 Å². The first kappa shape index (κ1) is 24.1. The number of rotatable bonds is 7. The highest BCUT2D eigenvalue weighted by Gasteiger charge is 2.29. The van der Waals surface area contributed by atoms with E-state index in [4.69, 9.17) is 5.14 Å². The summed E-state index contributed by atoms with van der Waals surface area (Å²) in [7, 11) is -4.04. The smallest absolute Gasteiger partial charge is 0.239 e. The lowest BCUT2D eigenvalue weighted by Gasteiger charge is -2.28. The van der Waals surface area contributed by atoms with E-state index in [1.165, 1.54) is 24.8 Å². The van der Waals surface area contributed by atoms with Gasteiger partial charge in [0.25, 0.3) is 0 Å². The molecule has 3 aromatic rings. The third-order valence-corrected chi connectivity index (χ3v) is 8.93. The van der Waals surface area contributed by atoms with Crippen molar-refractivity contribution in [3.8, 4) is 22.5 Å². The molecule has 2 aromatic carbocycles. The quantitative estimate of drug-likeness (QED) is 0.455. The van der Waals surface area contributed by atoms with Crippen molar-refractivity contribution in [2.45, 2.75) is 62.7 Å². The van der Waals surface area contributed by atoms with Crippen LogP contribution in [0.2, 0.25) is 0 Å². The summed E-state index contributed by atoms with van der Waals surface area (Å²) in [4.78, 5) is 0.123. The van der Waals surface area contributed by atoms with Gasteiger partial charge in [0, 0.05) is 6.54 Å². The molecule has 4 N–H and O–H groups in total. The van der Waals surface area contributed by atoms with Crippen molar-refractivity contribution in [1.82, 2.24) is 25.9 Å². The average Bonchev–Trinajstić information content (AvgIpc) is 3.58. The van der Waals surface area contributed by atoms with Crippen molar-refractivity contribution in [2.24, 2.45) is 17.0 Å². The third kappa shape index (κ3) is 5.17. The molecule has 8 nitrogen and oxygen atoms in total. The molecule has 186 valence electrons. The number of hydrogen-bond donors (Lipinski definition) is 3. The number of primary sulfonamides is 1. The van der Waals surface area contributed by atoms with Crippen LogP contribution in [0.1, 0.15) is 62.5 Å². The molecule has 1 aliphatic carbocycles. The van der Waals surface area contributed by atoms with Gasteiger partial charge in [0.2, 0.25) is 15.8 Å². The van der Waals surface area contributed by atoms with E-state index in [9.17, 15) is 8.42 Å². The van der Waals surface area contributed by atoms with Gasteiger partial charge in [-0.1, -0.05) is 62.6 Å². The lowest BCUT2D eigenvalue weighted by Crippen LogP contribution is -2.20. The molecular formula is C26H34N6O2S. The van der Waals surface area contributed by atoms with E-state index >= 15 is 0 Å². The summed E-state index contributed by atoms with van der Waals surface area (Å²) in [5, 5.41) is 23.8.